The first-order valence-electron chi connectivity index (χ1n) is 9.50. The monoisotopic (exact) mass is 471 g/mol. The van der Waals surface area contributed by atoms with E-state index in [1.54, 1.807) is 43.4 Å². The summed E-state index contributed by atoms with van der Waals surface area (Å²) in [4.78, 5) is 14.9. The van der Waals surface area contributed by atoms with Gasteiger partial charge in [-0.3, -0.25) is 4.79 Å². The van der Waals surface area contributed by atoms with Crippen LogP contribution in [0.1, 0.15) is 21.5 Å². The number of amides is 1. The lowest BCUT2D eigenvalue weighted by Crippen LogP contribution is -2.32. The Morgan fingerprint density at radius 3 is 2.17 bits per heavy atom. The first-order chi connectivity index (χ1) is 14.5. The molecule has 0 aliphatic carbocycles. The zero-order chi connectivity index (χ0) is 21.5. The van der Waals surface area contributed by atoms with Gasteiger partial charge < -0.3 is 14.4 Å². The second-order valence-electron chi connectivity index (χ2n) is 6.80. The standard InChI is InChI=1S/C24H23BrFNO3/c1-29-22-12-5-17(15-23(22)30-2)13-14-27(16-18-3-10-21(26)11-4-18)24(28)19-6-8-20(25)9-7-19/h3-12,15H,13-14,16H2,1-2H3. The number of ether oxygens (including phenoxy) is 2. The Labute approximate surface area is 184 Å². The van der Waals surface area contributed by atoms with Crippen LogP contribution in [0.4, 0.5) is 4.39 Å². The van der Waals surface area contributed by atoms with Gasteiger partial charge >= 0.3 is 0 Å². The average Bonchev–Trinajstić information content (AvgIpc) is 2.77. The number of hydrogen-bond donors (Lipinski definition) is 0. The molecule has 0 fully saturated rings. The maximum absolute atomic E-state index is 13.3. The molecule has 0 radical (unpaired) electrons. The number of nitrogens with zero attached hydrogens (tertiary/aromatic N) is 1. The highest BCUT2D eigenvalue weighted by atomic mass is 79.9. The second kappa shape index (κ2) is 10.3. The number of hydrogen-bond acceptors (Lipinski definition) is 3. The number of rotatable bonds is 8. The van der Waals surface area contributed by atoms with Gasteiger partial charge in [0.05, 0.1) is 14.2 Å². The Balaban J connectivity index is 1.80. The van der Waals surface area contributed by atoms with Crippen LogP contribution in [0.15, 0.2) is 71.2 Å². The number of methoxy groups -OCH3 is 2. The molecular weight excluding hydrogens is 449 g/mol. The molecule has 6 heteroatoms. The van der Waals surface area contributed by atoms with E-state index in [0.717, 1.165) is 15.6 Å². The van der Waals surface area contributed by atoms with Gasteiger partial charge in [-0.05, 0) is 66.1 Å². The zero-order valence-electron chi connectivity index (χ0n) is 16.9. The molecule has 0 saturated carbocycles. The van der Waals surface area contributed by atoms with Gasteiger partial charge in [0.15, 0.2) is 11.5 Å². The van der Waals surface area contributed by atoms with Crippen LogP contribution in [0.5, 0.6) is 11.5 Å². The Hall–Kier alpha value is -2.86. The van der Waals surface area contributed by atoms with E-state index in [1.165, 1.54) is 12.1 Å². The van der Waals surface area contributed by atoms with Crippen molar-refractivity contribution >= 4 is 21.8 Å². The van der Waals surface area contributed by atoms with E-state index in [4.69, 9.17) is 9.47 Å². The van der Waals surface area contributed by atoms with Crippen molar-refractivity contribution in [3.8, 4) is 11.5 Å². The van der Waals surface area contributed by atoms with Gasteiger partial charge in [-0.1, -0.05) is 34.1 Å². The Bertz CT molecular complexity index is 990. The van der Waals surface area contributed by atoms with Crippen LogP contribution in [-0.2, 0) is 13.0 Å². The first kappa shape index (κ1) is 21.8. The van der Waals surface area contributed by atoms with Crippen molar-refractivity contribution in [1.29, 1.82) is 0 Å². The van der Waals surface area contributed by atoms with E-state index >= 15 is 0 Å². The van der Waals surface area contributed by atoms with Crippen LogP contribution >= 0.6 is 15.9 Å². The fraction of sp³-hybridized carbons (Fsp3) is 0.208. The maximum atomic E-state index is 13.3. The molecule has 3 rings (SSSR count). The lowest BCUT2D eigenvalue weighted by Gasteiger charge is -2.23. The van der Waals surface area contributed by atoms with Crippen LogP contribution in [0, 0.1) is 5.82 Å². The summed E-state index contributed by atoms with van der Waals surface area (Å²) < 4.78 is 24.9. The Kier molecular flexibility index (Phi) is 7.46. The number of halogens is 2. The van der Waals surface area contributed by atoms with E-state index < -0.39 is 0 Å². The summed E-state index contributed by atoms with van der Waals surface area (Å²) in [7, 11) is 3.19. The minimum atomic E-state index is -0.296. The summed E-state index contributed by atoms with van der Waals surface area (Å²) in [5.41, 5.74) is 2.50. The Morgan fingerprint density at radius 1 is 0.900 bits per heavy atom. The summed E-state index contributed by atoms with van der Waals surface area (Å²) in [6, 6.07) is 19.2. The topological polar surface area (TPSA) is 38.8 Å². The van der Waals surface area contributed by atoms with E-state index in [9.17, 15) is 9.18 Å². The van der Waals surface area contributed by atoms with Gasteiger partial charge in [0.1, 0.15) is 5.82 Å². The fourth-order valence-corrected chi connectivity index (χ4v) is 3.40. The predicted molar refractivity (Wildman–Crippen MR) is 119 cm³/mol. The summed E-state index contributed by atoms with van der Waals surface area (Å²) in [5.74, 6) is 0.942. The number of carbonyl (C=O) groups excluding carboxylic acids is 1. The maximum Gasteiger partial charge on any atom is 0.254 e. The first-order valence-corrected chi connectivity index (χ1v) is 10.3. The van der Waals surface area contributed by atoms with E-state index in [-0.39, 0.29) is 11.7 Å². The van der Waals surface area contributed by atoms with Gasteiger partial charge in [0.25, 0.3) is 5.91 Å². The van der Waals surface area contributed by atoms with Crippen molar-refractivity contribution in [2.24, 2.45) is 0 Å². The summed E-state index contributed by atoms with van der Waals surface area (Å²) in [5, 5.41) is 0. The molecule has 156 valence electrons. The number of carbonyl (C=O) groups is 1. The third-order valence-electron chi connectivity index (χ3n) is 4.78. The minimum Gasteiger partial charge on any atom is -0.493 e. The molecule has 0 aromatic heterocycles. The molecule has 0 spiro atoms. The molecule has 0 aliphatic heterocycles. The normalized spacial score (nSPS) is 10.5. The van der Waals surface area contributed by atoms with Gasteiger partial charge in [-0.2, -0.15) is 0 Å². The van der Waals surface area contributed by atoms with E-state index in [0.29, 0.717) is 36.6 Å². The largest absolute Gasteiger partial charge is 0.493 e. The van der Waals surface area contributed by atoms with Crippen LogP contribution in [0.25, 0.3) is 0 Å². The molecule has 3 aromatic carbocycles. The van der Waals surface area contributed by atoms with Crippen molar-refractivity contribution in [2.45, 2.75) is 13.0 Å². The van der Waals surface area contributed by atoms with Crippen molar-refractivity contribution in [3.05, 3.63) is 93.7 Å². The summed E-state index contributed by atoms with van der Waals surface area (Å²) >= 11 is 3.40. The lowest BCUT2D eigenvalue weighted by molar-refractivity contribution is 0.0745. The fourth-order valence-electron chi connectivity index (χ4n) is 3.14. The highest BCUT2D eigenvalue weighted by Gasteiger charge is 2.17. The van der Waals surface area contributed by atoms with Crippen LogP contribution in [-0.4, -0.2) is 31.6 Å². The predicted octanol–water partition coefficient (Wildman–Crippen LogP) is 5.49. The van der Waals surface area contributed by atoms with E-state index in [2.05, 4.69) is 15.9 Å². The van der Waals surface area contributed by atoms with Crippen molar-refractivity contribution < 1.29 is 18.7 Å². The minimum absolute atomic E-state index is 0.0766. The average molecular weight is 472 g/mol. The van der Waals surface area contributed by atoms with Crippen LogP contribution in [0.2, 0.25) is 0 Å². The molecule has 0 heterocycles. The highest BCUT2D eigenvalue weighted by Crippen LogP contribution is 2.28. The highest BCUT2D eigenvalue weighted by molar-refractivity contribution is 9.10. The molecular formula is C24H23BrFNO3. The van der Waals surface area contributed by atoms with Crippen molar-refractivity contribution in [1.82, 2.24) is 4.90 Å². The third kappa shape index (κ3) is 5.60. The molecule has 0 N–H and O–H groups in total. The van der Waals surface area contributed by atoms with Crippen LogP contribution < -0.4 is 9.47 Å². The van der Waals surface area contributed by atoms with Crippen molar-refractivity contribution in [3.63, 3.8) is 0 Å². The quantitative estimate of drug-likeness (QED) is 0.435. The second-order valence-corrected chi connectivity index (χ2v) is 7.72. The molecule has 0 atom stereocenters. The summed E-state index contributed by atoms with van der Waals surface area (Å²) in [6.45, 7) is 0.893. The van der Waals surface area contributed by atoms with Gasteiger partial charge in [0, 0.05) is 23.1 Å². The SMILES string of the molecule is COc1ccc(CCN(Cc2ccc(F)cc2)C(=O)c2ccc(Br)cc2)cc1OC. The van der Waals surface area contributed by atoms with Gasteiger partial charge in [-0.25, -0.2) is 4.39 Å². The summed E-state index contributed by atoms with van der Waals surface area (Å²) in [6.07, 6.45) is 0.643. The zero-order valence-corrected chi connectivity index (χ0v) is 18.5. The van der Waals surface area contributed by atoms with Gasteiger partial charge in [-0.15, -0.1) is 0 Å². The van der Waals surface area contributed by atoms with E-state index in [1.807, 2.05) is 30.3 Å². The van der Waals surface area contributed by atoms with Crippen molar-refractivity contribution in [2.75, 3.05) is 20.8 Å². The molecule has 3 aromatic rings. The van der Waals surface area contributed by atoms with Gasteiger partial charge in [0.2, 0.25) is 0 Å². The number of benzene rings is 3. The molecule has 4 nitrogen and oxygen atoms in total. The molecule has 30 heavy (non-hydrogen) atoms. The molecule has 0 bridgehead atoms. The third-order valence-corrected chi connectivity index (χ3v) is 5.31. The molecule has 0 saturated heterocycles. The molecule has 1 amide bonds. The smallest absolute Gasteiger partial charge is 0.254 e. The Morgan fingerprint density at radius 2 is 1.53 bits per heavy atom. The van der Waals surface area contributed by atoms with Crippen LogP contribution in [0.3, 0.4) is 0 Å². The molecule has 0 unspecified atom stereocenters. The lowest BCUT2D eigenvalue weighted by atomic mass is 10.1. The molecule has 0 aliphatic rings.